The maximum atomic E-state index is 14.3. The van der Waals surface area contributed by atoms with Gasteiger partial charge in [0.1, 0.15) is 24.4 Å². The second-order valence-corrected chi connectivity index (χ2v) is 21.2. The normalized spacial score (nSPS) is 16.8. The topological polar surface area (TPSA) is 164 Å². The largest absolute Gasteiger partial charge is 0.457 e. The van der Waals surface area contributed by atoms with E-state index in [-0.39, 0.29) is 36.3 Å². The second kappa shape index (κ2) is 13.7. The smallest absolute Gasteiger partial charge is 0.412 e. The molecule has 52 heavy (non-hydrogen) atoms. The first kappa shape index (κ1) is 38.5. The number of carbonyl (C=O) groups is 4. The van der Waals surface area contributed by atoms with Gasteiger partial charge < -0.3 is 28.8 Å². The van der Waals surface area contributed by atoms with Crippen LogP contribution < -0.4 is 21.4 Å². The van der Waals surface area contributed by atoms with Crippen molar-refractivity contribution < 1.29 is 38.1 Å². The van der Waals surface area contributed by atoms with Gasteiger partial charge in [-0.15, -0.1) is 0 Å². The molecule has 0 saturated heterocycles. The monoisotopic (exact) mass is 734 g/mol. The SMILES string of the molecule is CCC1(OC(=O)CNC(=O)OC(C)(C)C)C(=O)OCc2c1cc1n(c2=O)Cc2c-1nc1ccc(NC(=O)OC(C)(C)C)cc1c2[Si](C)(C)CC(C)C. The van der Waals surface area contributed by atoms with E-state index in [1.54, 1.807) is 65.2 Å². The Morgan fingerprint density at radius 2 is 1.65 bits per heavy atom. The molecule has 2 amide bonds. The van der Waals surface area contributed by atoms with E-state index in [2.05, 4.69) is 37.6 Å². The minimum absolute atomic E-state index is 0.0229. The van der Waals surface area contributed by atoms with E-state index in [1.165, 1.54) is 0 Å². The number of alkyl carbamates (subject to hydrolysis) is 1. The Labute approximate surface area is 304 Å². The van der Waals surface area contributed by atoms with Crippen LogP contribution in [-0.4, -0.2) is 59.5 Å². The zero-order chi connectivity index (χ0) is 38.6. The van der Waals surface area contributed by atoms with Crippen molar-refractivity contribution >= 4 is 54.0 Å². The number of ether oxygens (including phenoxy) is 4. The number of nitrogens with one attached hydrogen (secondary N) is 2. The lowest BCUT2D eigenvalue weighted by molar-refractivity contribution is -0.188. The number of hydrogen-bond acceptors (Lipinski definition) is 10. The third kappa shape index (κ3) is 7.71. The fraction of sp³-hybridized carbons (Fsp3) is 0.526. The van der Waals surface area contributed by atoms with E-state index >= 15 is 0 Å². The molecule has 0 spiro atoms. The third-order valence-electron chi connectivity index (χ3n) is 8.96. The minimum Gasteiger partial charge on any atom is -0.457 e. The number of benzene rings is 1. The first-order valence-corrected chi connectivity index (χ1v) is 20.9. The number of pyridine rings is 2. The average molecular weight is 735 g/mol. The van der Waals surface area contributed by atoms with E-state index in [4.69, 9.17) is 23.9 Å². The Morgan fingerprint density at radius 3 is 2.27 bits per heavy atom. The lowest BCUT2D eigenvalue weighted by Crippen LogP contribution is -2.49. The Morgan fingerprint density at radius 1 is 1.00 bits per heavy atom. The van der Waals surface area contributed by atoms with Gasteiger partial charge in [-0.3, -0.25) is 14.9 Å². The van der Waals surface area contributed by atoms with Gasteiger partial charge in [0.05, 0.1) is 37.1 Å². The van der Waals surface area contributed by atoms with Crippen LogP contribution in [0.15, 0.2) is 29.1 Å². The molecule has 13 nitrogen and oxygen atoms in total. The number of rotatable bonds is 8. The third-order valence-corrected chi connectivity index (χ3v) is 12.7. The van der Waals surface area contributed by atoms with Crippen LogP contribution >= 0.6 is 0 Å². The highest BCUT2D eigenvalue weighted by molar-refractivity contribution is 6.92. The summed E-state index contributed by atoms with van der Waals surface area (Å²) in [6.45, 7) is 20.5. The molecule has 2 aliphatic heterocycles. The van der Waals surface area contributed by atoms with Crippen LogP contribution in [0.25, 0.3) is 22.3 Å². The van der Waals surface area contributed by atoms with Crippen molar-refractivity contribution in [3.05, 3.63) is 51.3 Å². The number of amides is 2. The summed E-state index contributed by atoms with van der Waals surface area (Å²) < 4.78 is 23.7. The molecular weight excluding hydrogens is 685 g/mol. The van der Waals surface area contributed by atoms with Crippen molar-refractivity contribution in [2.45, 2.75) is 118 Å². The summed E-state index contributed by atoms with van der Waals surface area (Å²) in [6.07, 6.45) is -1.41. The number of aromatic nitrogens is 2. The van der Waals surface area contributed by atoms with E-state index in [0.717, 1.165) is 22.2 Å². The molecule has 280 valence electrons. The molecule has 3 aromatic rings. The Hall–Kier alpha value is -4.72. The van der Waals surface area contributed by atoms with Crippen molar-refractivity contribution in [2.24, 2.45) is 5.92 Å². The van der Waals surface area contributed by atoms with Gasteiger partial charge in [0.2, 0.25) is 5.60 Å². The lowest BCUT2D eigenvalue weighted by Gasteiger charge is -2.35. The summed E-state index contributed by atoms with van der Waals surface area (Å²) >= 11 is 0. The van der Waals surface area contributed by atoms with Crippen LogP contribution in [0, 0.1) is 5.92 Å². The van der Waals surface area contributed by atoms with E-state index in [9.17, 15) is 24.0 Å². The summed E-state index contributed by atoms with van der Waals surface area (Å²) in [6, 6.07) is 8.22. The number of nitrogens with zero attached hydrogens (tertiary/aromatic N) is 2. The van der Waals surface area contributed by atoms with Crippen LogP contribution in [-0.2, 0) is 47.3 Å². The van der Waals surface area contributed by atoms with Gasteiger partial charge >= 0.3 is 24.1 Å². The van der Waals surface area contributed by atoms with Crippen LogP contribution in [0.3, 0.4) is 0 Å². The molecule has 4 heterocycles. The van der Waals surface area contributed by atoms with Gasteiger partial charge in [0.15, 0.2) is 0 Å². The zero-order valence-electron chi connectivity index (χ0n) is 32.0. The number of esters is 2. The Kier molecular flexibility index (Phi) is 10.1. The van der Waals surface area contributed by atoms with Crippen molar-refractivity contribution in [2.75, 3.05) is 11.9 Å². The summed E-state index contributed by atoms with van der Waals surface area (Å²) in [5.41, 5.74) is -0.0282. The number of anilines is 1. The molecule has 2 N–H and O–H groups in total. The van der Waals surface area contributed by atoms with Crippen LogP contribution in [0.4, 0.5) is 15.3 Å². The zero-order valence-corrected chi connectivity index (χ0v) is 33.0. The van der Waals surface area contributed by atoms with Crippen LogP contribution in [0.5, 0.6) is 0 Å². The van der Waals surface area contributed by atoms with Gasteiger partial charge in [-0.1, -0.05) is 39.9 Å². The van der Waals surface area contributed by atoms with Crippen molar-refractivity contribution in [3.63, 3.8) is 0 Å². The number of cyclic esters (lactones) is 1. The van der Waals surface area contributed by atoms with E-state index in [1.807, 2.05) is 12.1 Å². The van der Waals surface area contributed by atoms with Gasteiger partial charge in [-0.05, 0) is 88.9 Å². The predicted octanol–water partition coefficient (Wildman–Crippen LogP) is 6.07. The Bertz CT molecular complexity index is 2020. The standard InChI is InChI=1S/C38H50N4O9Si/c1-12-38(49-29(43)17-39-34(46)50-36(4,5)6)26-16-28-30-24(18-42(28)32(44)25(26)19-48-33(38)45)31(52(10,11)20-21(2)3)23-15-22(13-14-27(23)41-30)40-35(47)51-37(7,8)9/h13-16,21H,12,17-20H2,1-11H3,(H,39,46)(H,40,47). The van der Waals surface area contributed by atoms with E-state index < -0.39 is 55.5 Å². The van der Waals surface area contributed by atoms with Gasteiger partial charge in [-0.25, -0.2) is 19.4 Å². The fourth-order valence-corrected chi connectivity index (χ4v) is 11.5. The highest BCUT2D eigenvalue weighted by Gasteiger charge is 2.50. The van der Waals surface area contributed by atoms with Gasteiger partial charge in [0, 0.05) is 16.6 Å². The predicted molar refractivity (Wildman–Crippen MR) is 199 cm³/mol. The fourth-order valence-electron chi connectivity index (χ4n) is 7.32. The molecule has 14 heteroatoms. The average Bonchev–Trinajstić information content (AvgIpc) is 3.36. The molecule has 0 radical (unpaired) electrons. The van der Waals surface area contributed by atoms with Crippen LogP contribution in [0.2, 0.25) is 19.1 Å². The molecule has 2 aliphatic rings. The van der Waals surface area contributed by atoms with Crippen molar-refractivity contribution in [1.29, 1.82) is 0 Å². The molecule has 1 unspecified atom stereocenters. The number of carbonyl (C=O) groups excluding carboxylic acids is 4. The first-order valence-electron chi connectivity index (χ1n) is 17.7. The molecule has 1 atom stereocenters. The molecule has 0 bridgehead atoms. The lowest BCUT2D eigenvalue weighted by atomic mass is 9.85. The summed E-state index contributed by atoms with van der Waals surface area (Å²) in [7, 11) is -2.25. The first-order chi connectivity index (χ1) is 24.0. The molecule has 5 rings (SSSR count). The number of hydrogen-bond donors (Lipinski definition) is 2. The molecule has 0 saturated carbocycles. The minimum atomic E-state index is -2.25. The van der Waals surface area contributed by atoms with Crippen LogP contribution in [0.1, 0.15) is 85.4 Å². The van der Waals surface area contributed by atoms with Gasteiger partial charge in [-0.2, -0.15) is 0 Å². The summed E-state index contributed by atoms with van der Waals surface area (Å²) in [5, 5.41) is 7.23. The van der Waals surface area contributed by atoms with E-state index in [0.29, 0.717) is 28.5 Å². The number of fused-ring (bicyclic) bond motifs is 5. The molecule has 0 aliphatic carbocycles. The maximum Gasteiger partial charge on any atom is 0.412 e. The maximum absolute atomic E-state index is 14.3. The molecular formula is C38H50N4O9Si. The highest BCUT2D eigenvalue weighted by atomic mass is 28.3. The quantitative estimate of drug-likeness (QED) is 0.123. The summed E-state index contributed by atoms with van der Waals surface area (Å²) in [5.74, 6) is -1.31. The molecule has 2 aromatic heterocycles. The second-order valence-electron chi connectivity index (χ2n) is 16.6. The molecule has 0 fully saturated rings. The van der Waals surface area contributed by atoms with Gasteiger partial charge in [0.25, 0.3) is 5.56 Å². The van der Waals surface area contributed by atoms with Crippen molar-refractivity contribution in [1.82, 2.24) is 14.9 Å². The highest BCUT2D eigenvalue weighted by Crippen LogP contribution is 2.41. The summed E-state index contributed by atoms with van der Waals surface area (Å²) in [4.78, 5) is 71.0. The molecule has 1 aromatic carbocycles. The van der Waals surface area contributed by atoms with Crippen molar-refractivity contribution in [3.8, 4) is 11.4 Å². The Balaban J connectivity index is 1.63.